The lowest BCUT2D eigenvalue weighted by Gasteiger charge is -2.59. The van der Waals surface area contributed by atoms with Crippen LogP contribution in [0.4, 0.5) is 0 Å². The molecule has 1 heterocycles. The van der Waals surface area contributed by atoms with Crippen molar-refractivity contribution in [1.29, 1.82) is 0 Å². The first kappa shape index (κ1) is 24.1. The number of hydrogen-bond acceptors (Lipinski definition) is 3. The van der Waals surface area contributed by atoms with Crippen molar-refractivity contribution < 1.29 is 14.3 Å². The molecular weight excluding hydrogens is 408 g/mol. The normalized spacial score (nSPS) is 49.9. The Labute approximate surface area is 203 Å². The summed E-state index contributed by atoms with van der Waals surface area (Å²) in [6.07, 6.45) is 13.3. The molecule has 0 N–H and O–H groups in total. The Bertz CT molecular complexity index is 762. The van der Waals surface area contributed by atoms with Gasteiger partial charge in [0.25, 0.3) is 0 Å². The summed E-state index contributed by atoms with van der Waals surface area (Å²) in [5.74, 6) is 5.79. The number of hydrogen-bond donors (Lipinski definition) is 0. The van der Waals surface area contributed by atoms with Crippen molar-refractivity contribution in [2.45, 2.75) is 130 Å². The van der Waals surface area contributed by atoms with Crippen LogP contribution in [-0.4, -0.2) is 23.8 Å². The first-order valence-electron chi connectivity index (χ1n) is 14.4. The van der Waals surface area contributed by atoms with Crippen LogP contribution in [0.25, 0.3) is 0 Å². The van der Waals surface area contributed by atoms with Gasteiger partial charge in [-0.3, -0.25) is 4.79 Å². The standard InChI is InChI=1S/C30H50O3/c1-18(2)19(3)8-9-20(4)24-10-11-25-23-16-27-30(33-27)17-22(32-21(5)31)12-15-29(30,7)26(23)13-14-28(24,25)6/h18-20,22-27H,8-17H2,1-7H3/t19-,20-,22?,23+,24-,25+,26+,27?,28-,29-,30?/m1/s1. The summed E-state index contributed by atoms with van der Waals surface area (Å²) in [6, 6.07) is 0. The van der Waals surface area contributed by atoms with Crippen molar-refractivity contribution in [2.24, 2.45) is 52.3 Å². The second-order valence-electron chi connectivity index (χ2n) is 14.0. The molecule has 5 rings (SSSR count). The molecule has 1 aliphatic heterocycles. The number of fused-ring (bicyclic) bond motifs is 4. The molecule has 5 aliphatic rings. The fraction of sp³-hybridized carbons (Fsp3) is 0.967. The molecule has 0 aromatic carbocycles. The van der Waals surface area contributed by atoms with Crippen molar-refractivity contribution in [1.82, 2.24) is 0 Å². The van der Waals surface area contributed by atoms with E-state index in [1.165, 1.54) is 51.4 Å². The van der Waals surface area contributed by atoms with E-state index in [-0.39, 0.29) is 23.1 Å². The Morgan fingerprint density at radius 1 is 1.00 bits per heavy atom. The van der Waals surface area contributed by atoms with E-state index in [1.807, 2.05) is 0 Å². The monoisotopic (exact) mass is 458 g/mol. The number of ether oxygens (including phenoxy) is 2. The van der Waals surface area contributed by atoms with Gasteiger partial charge in [-0.2, -0.15) is 0 Å². The highest BCUT2D eigenvalue weighted by Gasteiger charge is 2.76. The molecule has 0 bridgehead atoms. The molecule has 3 nitrogen and oxygen atoms in total. The molecule has 0 amide bonds. The highest BCUT2D eigenvalue weighted by molar-refractivity contribution is 5.66. The average molecular weight is 459 g/mol. The van der Waals surface area contributed by atoms with Crippen molar-refractivity contribution in [2.75, 3.05) is 0 Å². The summed E-state index contributed by atoms with van der Waals surface area (Å²) < 4.78 is 12.3. The van der Waals surface area contributed by atoms with Crippen LogP contribution in [0, 0.1) is 52.3 Å². The number of carbonyl (C=O) groups excluding carboxylic acids is 1. The minimum atomic E-state index is -0.131. The van der Waals surface area contributed by atoms with Crippen molar-refractivity contribution >= 4 is 5.97 Å². The summed E-state index contributed by atoms with van der Waals surface area (Å²) in [5, 5.41) is 0. The van der Waals surface area contributed by atoms with Crippen molar-refractivity contribution in [3.63, 3.8) is 0 Å². The van der Waals surface area contributed by atoms with Gasteiger partial charge in [0.15, 0.2) is 0 Å². The first-order chi connectivity index (χ1) is 15.5. The molecule has 188 valence electrons. The van der Waals surface area contributed by atoms with Gasteiger partial charge in [0.1, 0.15) is 11.7 Å². The molecular formula is C30H50O3. The molecule has 4 saturated carbocycles. The second-order valence-corrected chi connectivity index (χ2v) is 14.0. The summed E-state index contributed by atoms with van der Waals surface area (Å²) in [4.78, 5) is 11.6. The third-order valence-electron chi connectivity index (χ3n) is 12.3. The average Bonchev–Trinajstić information content (AvgIpc) is 3.32. The van der Waals surface area contributed by atoms with E-state index in [2.05, 4.69) is 41.5 Å². The van der Waals surface area contributed by atoms with Crippen LogP contribution in [0.1, 0.15) is 113 Å². The van der Waals surface area contributed by atoms with Crippen LogP contribution in [0.5, 0.6) is 0 Å². The Hall–Kier alpha value is -0.570. The van der Waals surface area contributed by atoms with Gasteiger partial charge in [0, 0.05) is 18.8 Å². The molecule has 1 saturated heterocycles. The zero-order chi connectivity index (χ0) is 23.8. The van der Waals surface area contributed by atoms with E-state index in [9.17, 15) is 4.79 Å². The number of carbonyl (C=O) groups is 1. The van der Waals surface area contributed by atoms with Crippen LogP contribution in [0.3, 0.4) is 0 Å². The van der Waals surface area contributed by atoms with E-state index >= 15 is 0 Å². The fourth-order valence-electron chi connectivity index (χ4n) is 10.0. The molecule has 0 aromatic rings. The molecule has 0 aromatic heterocycles. The smallest absolute Gasteiger partial charge is 0.302 e. The molecule has 1 spiro atoms. The molecule has 3 unspecified atom stereocenters. The van der Waals surface area contributed by atoms with E-state index in [4.69, 9.17) is 9.47 Å². The quantitative estimate of drug-likeness (QED) is 0.307. The highest BCUT2D eigenvalue weighted by atomic mass is 16.6. The van der Waals surface area contributed by atoms with Gasteiger partial charge >= 0.3 is 5.97 Å². The fourth-order valence-corrected chi connectivity index (χ4v) is 10.0. The summed E-state index contributed by atoms with van der Waals surface area (Å²) in [7, 11) is 0. The van der Waals surface area contributed by atoms with Crippen molar-refractivity contribution in [3.8, 4) is 0 Å². The number of rotatable bonds is 6. The van der Waals surface area contributed by atoms with E-state index < -0.39 is 0 Å². The molecule has 4 aliphatic carbocycles. The van der Waals surface area contributed by atoms with E-state index in [1.54, 1.807) is 6.92 Å². The maximum Gasteiger partial charge on any atom is 0.302 e. The zero-order valence-corrected chi connectivity index (χ0v) is 22.5. The van der Waals surface area contributed by atoms with Gasteiger partial charge in [-0.15, -0.1) is 0 Å². The summed E-state index contributed by atoms with van der Waals surface area (Å²) in [6.45, 7) is 16.6. The molecule has 5 fully saturated rings. The minimum absolute atomic E-state index is 0.00143. The Balaban J connectivity index is 1.30. The zero-order valence-electron chi connectivity index (χ0n) is 22.5. The minimum Gasteiger partial charge on any atom is -0.462 e. The SMILES string of the molecule is CC(=O)OC1CC[C@]2(C)[C@H]3CC[C@]4(C)[C@@H]([C@H](C)CC[C@@H](C)C(C)C)CC[C@H]4[C@@H]3CC3OC32C1. The lowest BCUT2D eigenvalue weighted by molar-refractivity contribution is -0.157. The van der Waals surface area contributed by atoms with E-state index in [0.717, 1.165) is 54.3 Å². The second kappa shape index (κ2) is 8.24. The van der Waals surface area contributed by atoms with Crippen LogP contribution in [-0.2, 0) is 14.3 Å². The van der Waals surface area contributed by atoms with E-state index in [0.29, 0.717) is 11.5 Å². The van der Waals surface area contributed by atoms with Gasteiger partial charge in [0.2, 0.25) is 0 Å². The summed E-state index contributed by atoms with van der Waals surface area (Å²) in [5.41, 5.74) is 0.801. The van der Waals surface area contributed by atoms with Crippen LogP contribution in [0.2, 0.25) is 0 Å². The third kappa shape index (κ3) is 3.64. The number of epoxide rings is 1. The lowest BCUT2D eigenvalue weighted by atomic mass is 9.44. The largest absolute Gasteiger partial charge is 0.462 e. The van der Waals surface area contributed by atoms with Gasteiger partial charge in [-0.25, -0.2) is 0 Å². The van der Waals surface area contributed by atoms with Gasteiger partial charge in [-0.05, 0) is 91.8 Å². The van der Waals surface area contributed by atoms with Crippen LogP contribution < -0.4 is 0 Å². The molecule has 11 atom stereocenters. The predicted octanol–water partition coefficient (Wildman–Crippen LogP) is 7.42. The van der Waals surface area contributed by atoms with Gasteiger partial charge in [-0.1, -0.05) is 54.4 Å². The Morgan fingerprint density at radius 3 is 2.45 bits per heavy atom. The predicted molar refractivity (Wildman–Crippen MR) is 133 cm³/mol. The summed E-state index contributed by atoms with van der Waals surface area (Å²) >= 11 is 0. The maximum atomic E-state index is 11.6. The topological polar surface area (TPSA) is 38.8 Å². The van der Waals surface area contributed by atoms with Gasteiger partial charge < -0.3 is 9.47 Å². The Morgan fingerprint density at radius 2 is 1.76 bits per heavy atom. The van der Waals surface area contributed by atoms with Crippen LogP contribution >= 0.6 is 0 Å². The van der Waals surface area contributed by atoms with Crippen molar-refractivity contribution in [3.05, 3.63) is 0 Å². The number of esters is 1. The first-order valence-corrected chi connectivity index (χ1v) is 14.4. The maximum absolute atomic E-state index is 11.6. The molecule has 3 heteroatoms. The molecule has 33 heavy (non-hydrogen) atoms. The third-order valence-corrected chi connectivity index (χ3v) is 12.3. The van der Waals surface area contributed by atoms with Crippen LogP contribution in [0.15, 0.2) is 0 Å². The molecule has 0 radical (unpaired) electrons. The lowest BCUT2D eigenvalue weighted by Crippen LogP contribution is -2.59. The highest BCUT2D eigenvalue weighted by Crippen LogP contribution is 2.74. The Kier molecular flexibility index (Phi) is 6.03. The van der Waals surface area contributed by atoms with Gasteiger partial charge in [0.05, 0.1) is 6.10 Å².